The maximum atomic E-state index is 6.27. The second kappa shape index (κ2) is 5.31. The van der Waals surface area contributed by atoms with E-state index in [2.05, 4.69) is 26.9 Å². The predicted molar refractivity (Wildman–Crippen MR) is 65.1 cm³/mol. The first-order chi connectivity index (χ1) is 6.55. The second-order valence-corrected chi connectivity index (χ2v) is 9.80. The van der Waals surface area contributed by atoms with Gasteiger partial charge in [0.1, 0.15) is 0 Å². The first-order valence-corrected chi connectivity index (χ1v) is 9.34. The van der Waals surface area contributed by atoms with Crippen molar-refractivity contribution in [2.45, 2.75) is 71.2 Å². The maximum Gasteiger partial charge on any atom is 0.186 e. The van der Waals surface area contributed by atoms with Gasteiger partial charge in [-0.05, 0) is 44.8 Å². The summed E-state index contributed by atoms with van der Waals surface area (Å²) < 4.78 is 6.27. The molecule has 0 spiro atoms. The van der Waals surface area contributed by atoms with Crippen LogP contribution in [0.4, 0.5) is 0 Å². The van der Waals surface area contributed by atoms with Crippen molar-refractivity contribution in [3.63, 3.8) is 0 Å². The average molecular weight is 214 g/mol. The summed E-state index contributed by atoms with van der Waals surface area (Å²) in [6.45, 7) is 9.23. The Balaban J connectivity index is 2.36. The molecule has 1 fully saturated rings. The minimum Gasteiger partial charge on any atom is -0.414 e. The highest BCUT2D eigenvalue weighted by Gasteiger charge is 2.27. The molecule has 1 aliphatic rings. The number of hydrogen-bond acceptors (Lipinski definition) is 1. The van der Waals surface area contributed by atoms with Crippen molar-refractivity contribution < 1.29 is 4.43 Å². The molecule has 0 aromatic rings. The smallest absolute Gasteiger partial charge is 0.186 e. The maximum absolute atomic E-state index is 6.27. The molecular formula is C12H26OSi. The summed E-state index contributed by atoms with van der Waals surface area (Å²) in [6.07, 6.45) is 7.60. The minimum atomic E-state index is -1.32. The molecule has 0 aromatic heterocycles. The van der Waals surface area contributed by atoms with Crippen molar-refractivity contribution in [3.8, 4) is 0 Å². The Morgan fingerprint density at radius 2 is 1.79 bits per heavy atom. The predicted octanol–water partition coefficient (Wildman–Crippen LogP) is 4.20. The zero-order valence-corrected chi connectivity index (χ0v) is 11.3. The van der Waals surface area contributed by atoms with Gasteiger partial charge in [-0.2, -0.15) is 0 Å². The second-order valence-electron chi connectivity index (χ2n) is 5.33. The molecule has 1 saturated carbocycles. The quantitative estimate of drug-likeness (QED) is 0.637. The Hall–Kier alpha value is 0.177. The molecule has 0 heterocycles. The molecule has 2 heteroatoms. The van der Waals surface area contributed by atoms with E-state index in [1.165, 1.54) is 38.1 Å². The summed E-state index contributed by atoms with van der Waals surface area (Å²) in [5.74, 6) is 0.849. The summed E-state index contributed by atoms with van der Waals surface area (Å²) in [4.78, 5) is 0. The van der Waals surface area contributed by atoms with Gasteiger partial charge in [-0.15, -0.1) is 0 Å². The van der Waals surface area contributed by atoms with E-state index >= 15 is 0 Å². The third-order valence-corrected chi connectivity index (χ3v) is 6.38. The fourth-order valence-electron chi connectivity index (χ4n) is 2.29. The van der Waals surface area contributed by atoms with Crippen molar-refractivity contribution in [1.29, 1.82) is 0 Å². The van der Waals surface area contributed by atoms with Crippen LogP contribution in [0, 0.1) is 5.92 Å². The molecule has 0 N–H and O–H groups in total. The van der Waals surface area contributed by atoms with Crippen molar-refractivity contribution >= 4 is 8.32 Å². The van der Waals surface area contributed by atoms with Crippen molar-refractivity contribution in [2.24, 2.45) is 5.92 Å². The molecule has 0 amide bonds. The van der Waals surface area contributed by atoms with Crippen LogP contribution in [-0.2, 0) is 4.43 Å². The minimum absolute atomic E-state index is 0.511. The van der Waals surface area contributed by atoms with Gasteiger partial charge in [-0.1, -0.05) is 26.2 Å². The lowest BCUT2D eigenvalue weighted by Crippen LogP contribution is -2.37. The van der Waals surface area contributed by atoms with Gasteiger partial charge >= 0.3 is 0 Å². The summed E-state index contributed by atoms with van der Waals surface area (Å²) >= 11 is 0. The highest BCUT2D eigenvalue weighted by Crippen LogP contribution is 2.29. The van der Waals surface area contributed by atoms with E-state index < -0.39 is 8.32 Å². The molecule has 0 bridgehead atoms. The van der Waals surface area contributed by atoms with E-state index in [9.17, 15) is 0 Å². The molecule has 1 rings (SSSR count). The normalized spacial score (nSPS) is 22.3. The van der Waals surface area contributed by atoms with Gasteiger partial charge in [0, 0.05) is 6.10 Å². The van der Waals surface area contributed by atoms with Crippen LogP contribution in [0.5, 0.6) is 0 Å². The van der Waals surface area contributed by atoms with E-state index in [4.69, 9.17) is 4.43 Å². The Morgan fingerprint density at radius 1 is 1.21 bits per heavy atom. The first kappa shape index (κ1) is 12.2. The lowest BCUT2D eigenvalue weighted by molar-refractivity contribution is 0.115. The SMILES string of the molecule is CC[Si](C)(C)OC(C)C1CCCCC1. The van der Waals surface area contributed by atoms with Gasteiger partial charge in [0.15, 0.2) is 8.32 Å². The van der Waals surface area contributed by atoms with Gasteiger partial charge < -0.3 is 4.43 Å². The van der Waals surface area contributed by atoms with Gasteiger partial charge in [0.05, 0.1) is 0 Å². The highest BCUT2D eigenvalue weighted by atomic mass is 28.4. The third-order valence-electron chi connectivity index (χ3n) is 3.67. The Bertz CT molecular complexity index is 162. The van der Waals surface area contributed by atoms with Gasteiger partial charge in [0.2, 0.25) is 0 Å². The molecule has 0 saturated heterocycles. The van der Waals surface area contributed by atoms with Crippen LogP contribution in [0.15, 0.2) is 0 Å². The lowest BCUT2D eigenvalue weighted by Gasteiger charge is -2.33. The van der Waals surface area contributed by atoms with Crippen LogP contribution < -0.4 is 0 Å². The summed E-state index contributed by atoms with van der Waals surface area (Å²) in [7, 11) is -1.32. The van der Waals surface area contributed by atoms with Crippen LogP contribution in [0.25, 0.3) is 0 Å². The molecule has 84 valence electrons. The van der Waals surface area contributed by atoms with Crippen molar-refractivity contribution in [2.75, 3.05) is 0 Å². The van der Waals surface area contributed by atoms with Crippen LogP contribution >= 0.6 is 0 Å². The number of rotatable bonds is 4. The third kappa shape index (κ3) is 3.74. The van der Waals surface area contributed by atoms with Crippen LogP contribution in [0.1, 0.15) is 46.0 Å². The monoisotopic (exact) mass is 214 g/mol. The Morgan fingerprint density at radius 3 is 2.29 bits per heavy atom. The molecule has 0 aromatic carbocycles. The lowest BCUT2D eigenvalue weighted by atomic mass is 9.86. The fourth-order valence-corrected chi connectivity index (χ4v) is 3.65. The zero-order chi connectivity index (χ0) is 10.6. The molecule has 0 aliphatic heterocycles. The summed E-state index contributed by atoms with van der Waals surface area (Å²) in [5, 5.41) is 0. The first-order valence-electron chi connectivity index (χ1n) is 6.23. The molecule has 1 unspecified atom stereocenters. The molecule has 1 aliphatic carbocycles. The van der Waals surface area contributed by atoms with Crippen LogP contribution in [-0.4, -0.2) is 14.4 Å². The number of hydrogen-bond donors (Lipinski definition) is 0. The van der Waals surface area contributed by atoms with E-state index in [0.717, 1.165) is 5.92 Å². The molecular weight excluding hydrogens is 188 g/mol. The van der Waals surface area contributed by atoms with E-state index in [0.29, 0.717) is 6.10 Å². The molecule has 1 nitrogen and oxygen atoms in total. The largest absolute Gasteiger partial charge is 0.414 e. The van der Waals surface area contributed by atoms with Crippen LogP contribution in [0.3, 0.4) is 0 Å². The highest BCUT2D eigenvalue weighted by molar-refractivity contribution is 6.71. The van der Waals surface area contributed by atoms with Crippen LogP contribution in [0.2, 0.25) is 19.1 Å². The molecule has 1 atom stereocenters. The van der Waals surface area contributed by atoms with E-state index in [-0.39, 0.29) is 0 Å². The molecule has 0 radical (unpaired) electrons. The van der Waals surface area contributed by atoms with Gasteiger partial charge in [-0.25, -0.2) is 0 Å². The van der Waals surface area contributed by atoms with Crippen molar-refractivity contribution in [1.82, 2.24) is 0 Å². The van der Waals surface area contributed by atoms with E-state index in [1.807, 2.05) is 0 Å². The Labute approximate surface area is 90.4 Å². The fraction of sp³-hybridized carbons (Fsp3) is 1.00. The summed E-state index contributed by atoms with van der Waals surface area (Å²) in [5.41, 5.74) is 0. The summed E-state index contributed by atoms with van der Waals surface area (Å²) in [6, 6.07) is 1.24. The molecule has 14 heavy (non-hydrogen) atoms. The van der Waals surface area contributed by atoms with Gasteiger partial charge in [0.25, 0.3) is 0 Å². The van der Waals surface area contributed by atoms with E-state index in [1.54, 1.807) is 0 Å². The zero-order valence-electron chi connectivity index (χ0n) is 10.3. The van der Waals surface area contributed by atoms with Gasteiger partial charge in [-0.3, -0.25) is 0 Å². The Kier molecular flexibility index (Phi) is 4.65. The van der Waals surface area contributed by atoms with Crippen molar-refractivity contribution in [3.05, 3.63) is 0 Å². The average Bonchev–Trinajstić information content (AvgIpc) is 2.19. The standard InChI is InChI=1S/C12H26OSi/c1-5-14(3,4)13-11(2)12-9-7-6-8-10-12/h11-12H,5-10H2,1-4H3. The topological polar surface area (TPSA) is 9.23 Å².